The number of thioether (sulfide) groups is 1. The minimum atomic E-state index is -0.878. The van der Waals surface area contributed by atoms with Crippen molar-refractivity contribution in [3.05, 3.63) is 76.5 Å². The SMILES string of the molecule is C=C(N(C)C)[C@]12C[C@H]1[C@@](C)(c1cc(/C=C(\F)c3ccc(Cl)cn3)ccc1F)N=C(N)S2. The molecule has 0 unspecified atom stereocenters. The second kappa shape index (κ2) is 7.64. The minimum absolute atomic E-state index is 0.0312. The van der Waals surface area contributed by atoms with Crippen molar-refractivity contribution in [2.75, 3.05) is 14.1 Å². The lowest BCUT2D eigenvalue weighted by atomic mass is 9.84. The highest BCUT2D eigenvalue weighted by atomic mass is 35.5. The van der Waals surface area contributed by atoms with Gasteiger partial charge in [0.05, 0.1) is 21.0 Å². The lowest BCUT2D eigenvalue weighted by molar-refractivity contribution is 0.381. The van der Waals surface area contributed by atoms with Crippen molar-refractivity contribution in [1.29, 1.82) is 0 Å². The molecule has 162 valence electrons. The number of halogens is 3. The van der Waals surface area contributed by atoms with Gasteiger partial charge in [0.1, 0.15) is 11.6 Å². The molecule has 8 heteroatoms. The van der Waals surface area contributed by atoms with Gasteiger partial charge in [-0.15, -0.1) is 0 Å². The van der Waals surface area contributed by atoms with E-state index in [9.17, 15) is 4.39 Å². The zero-order chi connectivity index (χ0) is 22.6. The average molecular weight is 461 g/mol. The maximum atomic E-state index is 15.0. The van der Waals surface area contributed by atoms with Crippen molar-refractivity contribution in [3.8, 4) is 0 Å². The Labute approximate surface area is 189 Å². The molecule has 1 aromatic carbocycles. The first-order valence-electron chi connectivity index (χ1n) is 9.77. The van der Waals surface area contributed by atoms with Gasteiger partial charge in [-0.25, -0.2) is 8.78 Å². The Hall–Kier alpha value is -2.38. The third-order valence-electron chi connectivity index (χ3n) is 6.05. The van der Waals surface area contributed by atoms with E-state index in [4.69, 9.17) is 17.3 Å². The van der Waals surface area contributed by atoms with Gasteiger partial charge in [0.15, 0.2) is 5.17 Å². The molecule has 1 fully saturated rings. The third-order valence-corrected chi connectivity index (χ3v) is 7.62. The molecule has 1 aliphatic heterocycles. The number of hydrogen-bond acceptors (Lipinski definition) is 5. The molecule has 2 N–H and O–H groups in total. The molecule has 4 rings (SSSR count). The van der Waals surface area contributed by atoms with Gasteiger partial charge in [0.2, 0.25) is 0 Å². The quantitative estimate of drug-likeness (QED) is 0.644. The van der Waals surface area contributed by atoms with Gasteiger partial charge in [-0.2, -0.15) is 0 Å². The molecule has 4 nitrogen and oxygen atoms in total. The summed E-state index contributed by atoms with van der Waals surface area (Å²) < 4.78 is 29.4. The Balaban J connectivity index is 1.73. The highest BCUT2D eigenvalue weighted by molar-refractivity contribution is 8.15. The summed E-state index contributed by atoms with van der Waals surface area (Å²) in [5.74, 6) is -0.906. The van der Waals surface area contributed by atoms with Crippen LogP contribution in [0.15, 0.2) is 53.8 Å². The molecule has 0 saturated heterocycles. The molecule has 1 aromatic heterocycles. The zero-order valence-electron chi connectivity index (χ0n) is 17.5. The lowest BCUT2D eigenvalue weighted by Gasteiger charge is -2.36. The Bertz CT molecular complexity index is 1120. The standard InChI is InChI=1S/C23H23ClF2N4S/c1-13(30(3)4)23-11-20(23)22(2,29-21(27)31-23)16-9-14(5-7-17(16)25)10-18(26)19-8-6-15(24)12-28-19/h5-10,12,20H,1,11H2,2-4H3,(H2,27,29)/b18-10-/t20-,22+,23+/m0/s1. The summed E-state index contributed by atoms with van der Waals surface area (Å²) in [6, 6.07) is 7.57. The molecule has 0 radical (unpaired) electrons. The van der Waals surface area contributed by atoms with Crippen molar-refractivity contribution >= 4 is 40.4 Å². The number of fused-ring (bicyclic) bond motifs is 1. The number of nitrogens with two attached hydrogens (primary N) is 1. The predicted molar refractivity (Wildman–Crippen MR) is 125 cm³/mol. The molecule has 3 atom stereocenters. The Morgan fingerprint density at radius 1 is 1.35 bits per heavy atom. The Kier molecular flexibility index (Phi) is 5.38. The van der Waals surface area contributed by atoms with E-state index < -0.39 is 17.2 Å². The van der Waals surface area contributed by atoms with Crippen LogP contribution in [0.5, 0.6) is 0 Å². The van der Waals surface area contributed by atoms with Crippen LogP contribution in [0.1, 0.15) is 30.2 Å². The highest BCUT2D eigenvalue weighted by Crippen LogP contribution is 2.68. The molecule has 1 aliphatic carbocycles. The maximum absolute atomic E-state index is 15.0. The first-order chi connectivity index (χ1) is 14.6. The van der Waals surface area contributed by atoms with Crippen molar-refractivity contribution in [2.24, 2.45) is 16.6 Å². The molecule has 2 aromatic rings. The van der Waals surface area contributed by atoms with E-state index in [0.29, 0.717) is 21.3 Å². The molecule has 0 spiro atoms. The largest absolute Gasteiger partial charge is 0.380 e. The lowest BCUT2D eigenvalue weighted by Crippen LogP contribution is -2.38. The normalized spacial score (nSPS) is 27.4. The molecule has 2 heterocycles. The summed E-state index contributed by atoms with van der Waals surface area (Å²) >= 11 is 7.31. The van der Waals surface area contributed by atoms with Gasteiger partial charge in [-0.05, 0) is 49.2 Å². The van der Waals surface area contributed by atoms with E-state index >= 15 is 4.39 Å². The number of amidine groups is 1. The first-order valence-corrected chi connectivity index (χ1v) is 11.0. The first kappa shape index (κ1) is 21.8. The van der Waals surface area contributed by atoms with Crippen molar-refractivity contribution < 1.29 is 8.78 Å². The maximum Gasteiger partial charge on any atom is 0.155 e. The molecular weight excluding hydrogens is 438 g/mol. The fourth-order valence-corrected chi connectivity index (χ4v) is 5.93. The summed E-state index contributed by atoms with van der Waals surface area (Å²) in [5, 5.41) is 0.822. The molecule has 0 bridgehead atoms. The van der Waals surface area contributed by atoms with Crippen LogP contribution in [0.25, 0.3) is 11.9 Å². The van der Waals surface area contributed by atoms with E-state index in [0.717, 1.165) is 12.1 Å². The number of aromatic nitrogens is 1. The number of nitrogens with zero attached hydrogens (tertiary/aromatic N) is 3. The van der Waals surface area contributed by atoms with Crippen LogP contribution in [-0.4, -0.2) is 33.9 Å². The fraction of sp³-hybridized carbons (Fsp3) is 0.304. The van der Waals surface area contributed by atoms with Crippen LogP contribution in [0.4, 0.5) is 8.78 Å². The highest BCUT2D eigenvalue weighted by Gasteiger charge is 2.68. The summed E-state index contributed by atoms with van der Waals surface area (Å²) in [5.41, 5.74) is 7.29. The van der Waals surface area contributed by atoms with Gasteiger partial charge < -0.3 is 10.6 Å². The van der Waals surface area contributed by atoms with Crippen LogP contribution in [0, 0.1) is 11.7 Å². The Morgan fingerprint density at radius 3 is 2.74 bits per heavy atom. The van der Waals surface area contributed by atoms with Gasteiger partial charge in [0.25, 0.3) is 0 Å². The molecular formula is C23H23ClF2N4S. The minimum Gasteiger partial charge on any atom is -0.380 e. The summed E-state index contributed by atoms with van der Waals surface area (Å²) in [7, 11) is 3.87. The number of hydrogen-bond donors (Lipinski definition) is 1. The van der Waals surface area contributed by atoms with Crippen molar-refractivity contribution in [3.63, 3.8) is 0 Å². The monoisotopic (exact) mass is 460 g/mol. The summed E-state index contributed by atoms with van der Waals surface area (Å²) in [6.45, 7) is 6.12. The van der Waals surface area contributed by atoms with E-state index in [1.165, 1.54) is 42.2 Å². The van der Waals surface area contributed by atoms with Gasteiger partial charge >= 0.3 is 0 Å². The second-order valence-corrected chi connectivity index (χ2v) is 10.1. The van der Waals surface area contributed by atoms with E-state index in [1.807, 2.05) is 25.9 Å². The fourth-order valence-electron chi connectivity index (χ4n) is 4.29. The van der Waals surface area contributed by atoms with E-state index in [2.05, 4.69) is 16.6 Å². The molecule has 0 amide bonds. The van der Waals surface area contributed by atoms with Gasteiger partial charge in [-0.3, -0.25) is 9.98 Å². The van der Waals surface area contributed by atoms with Crippen LogP contribution < -0.4 is 5.73 Å². The van der Waals surface area contributed by atoms with Crippen LogP contribution >= 0.6 is 23.4 Å². The molecule has 1 saturated carbocycles. The molecule has 31 heavy (non-hydrogen) atoms. The summed E-state index contributed by atoms with van der Waals surface area (Å²) in [4.78, 5) is 10.6. The smallest absolute Gasteiger partial charge is 0.155 e. The van der Waals surface area contributed by atoms with Crippen LogP contribution in [0.2, 0.25) is 5.02 Å². The zero-order valence-corrected chi connectivity index (χ0v) is 19.1. The van der Waals surface area contributed by atoms with Crippen molar-refractivity contribution in [2.45, 2.75) is 23.6 Å². The van der Waals surface area contributed by atoms with Crippen molar-refractivity contribution in [1.82, 2.24) is 9.88 Å². The van der Waals surface area contributed by atoms with Gasteiger partial charge in [0, 0.05) is 37.5 Å². The average Bonchev–Trinajstić information content (AvgIpc) is 3.45. The van der Waals surface area contributed by atoms with Gasteiger partial charge in [-0.1, -0.05) is 36.0 Å². The number of pyridine rings is 1. The Morgan fingerprint density at radius 2 is 2.10 bits per heavy atom. The second-order valence-electron chi connectivity index (χ2n) is 8.28. The molecule has 2 aliphatic rings. The number of benzene rings is 1. The van der Waals surface area contributed by atoms with Crippen LogP contribution in [-0.2, 0) is 5.54 Å². The third kappa shape index (κ3) is 3.74. The van der Waals surface area contributed by atoms with E-state index in [1.54, 1.807) is 12.1 Å². The predicted octanol–water partition coefficient (Wildman–Crippen LogP) is 5.45. The van der Waals surface area contributed by atoms with E-state index in [-0.39, 0.29) is 16.4 Å². The van der Waals surface area contributed by atoms with Crippen LogP contribution in [0.3, 0.4) is 0 Å². The number of rotatable bonds is 5. The number of aliphatic imine (C=N–C) groups is 1. The summed E-state index contributed by atoms with van der Waals surface area (Å²) in [6.07, 6.45) is 3.49. The topological polar surface area (TPSA) is 54.5 Å².